The first-order valence-corrected chi connectivity index (χ1v) is 5.90. The van der Waals surface area contributed by atoms with Crippen molar-refractivity contribution in [3.63, 3.8) is 0 Å². The van der Waals surface area contributed by atoms with Crippen molar-refractivity contribution in [2.75, 3.05) is 13.1 Å². The molecule has 100 valence electrons. The second kappa shape index (κ2) is 8.31. The van der Waals surface area contributed by atoms with Crippen LogP contribution >= 0.6 is 12.4 Å². The molecule has 0 aliphatic carbocycles. The molecule has 0 saturated carbocycles. The number of carbonyl (C=O) groups excluding carboxylic acids is 2. The van der Waals surface area contributed by atoms with Crippen LogP contribution in [-0.2, 0) is 9.59 Å². The van der Waals surface area contributed by atoms with E-state index in [0.717, 1.165) is 25.8 Å². The highest BCUT2D eigenvalue weighted by atomic mass is 35.5. The fraction of sp³-hybridized carbons (Fsp3) is 0.818. The molecule has 1 aliphatic heterocycles. The van der Waals surface area contributed by atoms with Crippen molar-refractivity contribution in [2.45, 2.75) is 45.2 Å². The standard InChI is InChI=1S/C11H21N3O2.ClH/c1-8(2)14-10(15)7-13-11(16)9-5-3-4-6-12-9;/h8-9,12H,3-7H2,1-2H3,(H,13,16)(H,14,15);1H. The van der Waals surface area contributed by atoms with Gasteiger partial charge in [0.1, 0.15) is 0 Å². The van der Waals surface area contributed by atoms with Crippen LogP contribution in [0.4, 0.5) is 0 Å². The average molecular weight is 264 g/mol. The van der Waals surface area contributed by atoms with Crippen molar-refractivity contribution < 1.29 is 9.59 Å². The summed E-state index contributed by atoms with van der Waals surface area (Å²) in [5.41, 5.74) is 0. The van der Waals surface area contributed by atoms with Gasteiger partial charge in [-0.15, -0.1) is 12.4 Å². The Morgan fingerprint density at radius 2 is 2.06 bits per heavy atom. The Kier molecular flexibility index (Phi) is 7.91. The molecule has 0 radical (unpaired) electrons. The van der Waals surface area contributed by atoms with Gasteiger partial charge in [0.15, 0.2) is 0 Å². The number of halogens is 1. The van der Waals surface area contributed by atoms with Crippen molar-refractivity contribution >= 4 is 24.2 Å². The lowest BCUT2D eigenvalue weighted by Crippen LogP contribution is -2.49. The van der Waals surface area contributed by atoms with Gasteiger partial charge < -0.3 is 16.0 Å². The zero-order valence-corrected chi connectivity index (χ0v) is 11.2. The van der Waals surface area contributed by atoms with Crippen LogP contribution < -0.4 is 16.0 Å². The lowest BCUT2D eigenvalue weighted by molar-refractivity contribution is -0.127. The van der Waals surface area contributed by atoms with E-state index in [9.17, 15) is 9.59 Å². The molecule has 5 nitrogen and oxygen atoms in total. The molecule has 0 aromatic heterocycles. The van der Waals surface area contributed by atoms with Crippen LogP contribution in [0.3, 0.4) is 0 Å². The molecule has 2 amide bonds. The molecule has 0 aromatic rings. The minimum atomic E-state index is -0.140. The number of hydrogen-bond acceptors (Lipinski definition) is 3. The summed E-state index contributed by atoms with van der Waals surface area (Å²) in [6.07, 6.45) is 3.05. The van der Waals surface area contributed by atoms with Crippen LogP contribution in [0.1, 0.15) is 33.1 Å². The van der Waals surface area contributed by atoms with E-state index in [2.05, 4.69) is 16.0 Å². The van der Waals surface area contributed by atoms with Gasteiger partial charge >= 0.3 is 0 Å². The molecule has 0 spiro atoms. The Balaban J connectivity index is 0.00000256. The van der Waals surface area contributed by atoms with E-state index in [0.29, 0.717) is 0 Å². The molecule has 1 rings (SSSR count). The Bertz CT molecular complexity index is 253. The Morgan fingerprint density at radius 3 is 2.59 bits per heavy atom. The van der Waals surface area contributed by atoms with E-state index < -0.39 is 0 Å². The molecule has 1 saturated heterocycles. The first kappa shape index (κ1) is 16.2. The first-order valence-electron chi connectivity index (χ1n) is 5.90. The largest absolute Gasteiger partial charge is 0.352 e. The molecule has 0 aromatic carbocycles. The van der Waals surface area contributed by atoms with E-state index in [1.54, 1.807) is 0 Å². The van der Waals surface area contributed by atoms with Crippen LogP contribution in [0.2, 0.25) is 0 Å². The molecule has 1 unspecified atom stereocenters. The fourth-order valence-corrected chi connectivity index (χ4v) is 1.74. The number of hydrogen-bond donors (Lipinski definition) is 3. The molecule has 0 bridgehead atoms. The van der Waals surface area contributed by atoms with Crippen LogP contribution in [0, 0.1) is 0 Å². The highest BCUT2D eigenvalue weighted by molar-refractivity contribution is 5.87. The molecule has 17 heavy (non-hydrogen) atoms. The number of amides is 2. The molecule has 6 heteroatoms. The maximum absolute atomic E-state index is 11.6. The van der Waals surface area contributed by atoms with Crippen molar-refractivity contribution in [1.29, 1.82) is 0 Å². The zero-order chi connectivity index (χ0) is 12.0. The molecular formula is C11H22ClN3O2. The van der Waals surface area contributed by atoms with E-state index in [1.807, 2.05) is 13.8 Å². The van der Waals surface area contributed by atoms with Gasteiger partial charge in [0.05, 0.1) is 12.6 Å². The summed E-state index contributed by atoms with van der Waals surface area (Å²) in [5.74, 6) is -0.210. The topological polar surface area (TPSA) is 70.2 Å². The Morgan fingerprint density at radius 1 is 1.35 bits per heavy atom. The van der Waals surface area contributed by atoms with Gasteiger partial charge in [-0.2, -0.15) is 0 Å². The molecule has 1 atom stereocenters. The van der Waals surface area contributed by atoms with E-state index in [4.69, 9.17) is 0 Å². The maximum atomic E-state index is 11.6. The number of piperidine rings is 1. The second-order valence-electron chi connectivity index (χ2n) is 4.44. The quantitative estimate of drug-likeness (QED) is 0.678. The molecule has 3 N–H and O–H groups in total. The van der Waals surface area contributed by atoms with E-state index in [1.165, 1.54) is 0 Å². The van der Waals surface area contributed by atoms with Crippen molar-refractivity contribution in [3.05, 3.63) is 0 Å². The van der Waals surface area contributed by atoms with Crippen molar-refractivity contribution in [3.8, 4) is 0 Å². The summed E-state index contributed by atoms with van der Waals surface area (Å²) in [6, 6.07) is -0.0159. The van der Waals surface area contributed by atoms with Gasteiger partial charge in [-0.1, -0.05) is 6.42 Å². The van der Waals surface area contributed by atoms with Crippen molar-refractivity contribution in [1.82, 2.24) is 16.0 Å². The van der Waals surface area contributed by atoms with E-state index in [-0.39, 0.29) is 42.8 Å². The summed E-state index contributed by atoms with van der Waals surface area (Å²) < 4.78 is 0. The number of rotatable bonds is 4. The molecule has 1 fully saturated rings. The third kappa shape index (κ3) is 6.48. The van der Waals surface area contributed by atoms with Crippen LogP contribution in [0.25, 0.3) is 0 Å². The highest BCUT2D eigenvalue weighted by Crippen LogP contribution is 2.06. The van der Waals surface area contributed by atoms with Gasteiger partial charge in [-0.3, -0.25) is 9.59 Å². The van der Waals surface area contributed by atoms with Gasteiger partial charge in [0, 0.05) is 6.04 Å². The molecule has 1 aliphatic rings. The minimum Gasteiger partial charge on any atom is -0.352 e. The highest BCUT2D eigenvalue weighted by Gasteiger charge is 2.20. The third-order valence-electron chi connectivity index (χ3n) is 2.50. The summed E-state index contributed by atoms with van der Waals surface area (Å²) in [5, 5.41) is 8.51. The summed E-state index contributed by atoms with van der Waals surface area (Å²) in [7, 11) is 0. The van der Waals surface area contributed by atoms with Gasteiger partial charge in [0.25, 0.3) is 0 Å². The predicted octanol–water partition coefficient (Wildman–Crippen LogP) is 0.191. The average Bonchev–Trinajstić information content (AvgIpc) is 2.26. The van der Waals surface area contributed by atoms with Crippen LogP contribution in [-0.4, -0.2) is 37.0 Å². The number of carbonyl (C=O) groups is 2. The lowest BCUT2D eigenvalue weighted by Gasteiger charge is -2.22. The Labute approximate surface area is 109 Å². The first-order chi connectivity index (χ1) is 7.59. The normalized spacial score (nSPS) is 19.4. The van der Waals surface area contributed by atoms with Gasteiger partial charge in [-0.25, -0.2) is 0 Å². The molecule has 1 heterocycles. The van der Waals surface area contributed by atoms with Crippen LogP contribution in [0.15, 0.2) is 0 Å². The summed E-state index contributed by atoms with van der Waals surface area (Å²) >= 11 is 0. The smallest absolute Gasteiger partial charge is 0.239 e. The van der Waals surface area contributed by atoms with Crippen LogP contribution in [0.5, 0.6) is 0 Å². The van der Waals surface area contributed by atoms with E-state index >= 15 is 0 Å². The predicted molar refractivity (Wildman–Crippen MR) is 69.2 cm³/mol. The van der Waals surface area contributed by atoms with Crippen molar-refractivity contribution in [2.24, 2.45) is 0 Å². The number of nitrogens with one attached hydrogen (secondary N) is 3. The fourth-order valence-electron chi connectivity index (χ4n) is 1.74. The lowest BCUT2D eigenvalue weighted by atomic mass is 10.0. The minimum absolute atomic E-state index is 0. The van der Waals surface area contributed by atoms with Gasteiger partial charge in [0.2, 0.25) is 11.8 Å². The monoisotopic (exact) mass is 263 g/mol. The molecular weight excluding hydrogens is 242 g/mol. The third-order valence-corrected chi connectivity index (χ3v) is 2.50. The zero-order valence-electron chi connectivity index (χ0n) is 10.4. The SMILES string of the molecule is CC(C)NC(=O)CNC(=O)C1CCCCN1.Cl. The van der Waals surface area contributed by atoms with Gasteiger partial charge in [-0.05, 0) is 33.2 Å². The Hall–Kier alpha value is -0.810. The maximum Gasteiger partial charge on any atom is 0.239 e. The second-order valence-corrected chi connectivity index (χ2v) is 4.44. The summed E-state index contributed by atoms with van der Waals surface area (Å²) in [6.45, 7) is 4.73. The summed E-state index contributed by atoms with van der Waals surface area (Å²) in [4.78, 5) is 22.9.